The summed E-state index contributed by atoms with van der Waals surface area (Å²) < 4.78 is 5.68. The van der Waals surface area contributed by atoms with Gasteiger partial charge in [0.15, 0.2) is 0 Å². The van der Waals surface area contributed by atoms with E-state index in [2.05, 4.69) is 49.7 Å². The van der Waals surface area contributed by atoms with Crippen LogP contribution < -0.4 is 10.6 Å². The smallest absolute Gasteiger partial charge is 0.407 e. The van der Waals surface area contributed by atoms with Gasteiger partial charge in [-0.1, -0.05) is 65.2 Å². The van der Waals surface area contributed by atoms with Crippen molar-refractivity contribution in [2.24, 2.45) is 0 Å². The van der Waals surface area contributed by atoms with Gasteiger partial charge in [-0.2, -0.15) is 0 Å². The van der Waals surface area contributed by atoms with E-state index < -0.39 is 0 Å². The van der Waals surface area contributed by atoms with Crippen molar-refractivity contribution in [2.45, 2.75) is 116 Å². The maximum absolute atomic E-state index is 12.1. The van der Waals surface area contributed by atoms with E-state index in [0.717, 1.165) is 32.2 Å². The van der Waals surface area contributed by atoms with Crippen molar-refractivity contribution >= 4 is 6.09 Å². The number of aryl methyl sites for hydroxylation is 1. The van der Waals surface area contributed by atoms with Crippen molar-refractivity contribution < 1.29 is 9.53 Å². The highest BCUT2D eigenvalue weighted by Gasteiger charge is 2.37. The number of hydrogen-bond acceptors (Lipinski definition) is 3. The summed E-state index contributed by atoms with van der Waals surface area (Å²) in [7, 11) is 2.11. The third-order valence-electron chi connectivity index (χ3n) is 7.27. The second-order valence-corrected chi connectivity index (χ2v) is 9.11. The largest absolute Gasteiger partial charge is 0.446 e. The summed E-state index contributed by atoms with van der Waals surface area (Å²) in [6.45, 7) is 9.21. The van der Waals surface area contributed by atoms with Crippen LogP contribution in [0.2, 0.25) is 0 Å². The molecule has 31 heavy (non-hydrogen) atoms. The molecule has 0 aliphatic heterocycles. The highest BCUT2D eigenvalue weighted by atomic mass is 16.6. The molecule has 1 aromatic carbocycles. The number of hydrogen-bond donors (Lipinski definition) is 2. The van der Waals surface area contributed by atoms with Crippen molar-refractivity contribution in [3.8, 4) is 0 Å². The molecule has 0 heterocycles. The Labute approximate surface area is 190 Å². The SMILES string of the molecule is CC.CCCCCCNC(=O)OC1CCc2cc(C3CCC(CC)(NC)C3)ccc2C1. The summed E-state index contributed by atoms with van der Waals surface area (Å²) in [5.41, 5.74) is 4.64. The number of benzene rings is 1. The molecule has 4 nitrogen and oxygen atoms in total. The molecule has 0 bridgehead atoms. The van der Waals surface area contributed by atoms with Gasteiger partial charge < -0.3 is 15.4 Å². The molecule has 176 valence electrons. The minimum Gasteiger partial charge on any atom is -0.446 e. The summed E-state index contributed by atoms with van der Waals surface area (Å²) in [6, 6.07) is 7.04. The summed E-state index contributed by atoms with van der Waals surface area (Å²) >= 11 is 0. The van der Waals surface area contributed by atoms with E-state index in [0.29, 0.717) is 11.5 Å². The average Bonchev–Trinajstić information content (AvgIpc) is 3.25. The van der Waals surface area contributed by atoms with E-state index in [1.165, 1.54) is 61.6 Å². The fourth-order valence-corrected chi connectivity index (χ4v) is 5.17. The molecule has 3 unspecified atom stereocenters. The molecule has 2 aliphatic rings. The maximum Gasteiger partial charge on any atom is 0.407 e. The Bertz CT molecular complexity index is 669. The summed E-state index contributed by atoms with van der Waals surface area (Å²) in [5.74, 6) is 0.667. The van der Waals surface area contributed by atoms with Gasteiger partial charge in [0.2, 0.25) is 0 Å². The van der Waals surface area contributed by atoms with Gasteiger partial charge in [-0.3, -0.25) is 0 Å². The number of fused-ring (bicyclic) bond motifs is 1. The summed E-state index contributed by atoms with van der Waals surface area (Å²) in [6.07, 6.45) is 12.2. The number of unbranched alkanes of at least 4 members (excludes halogenated alkanes) is 3. The average molecular weight is 431 g/mol. The highest BCUT2D eigenvalue weighted by molar-refractivity contribution is 5.67. The van der Waals surface area contributed by atoms with Gasteiger partial charge >= 0.3 is 6.09 Å². The maximum atomic E-state index is 12.1. The van der Waals surface area contributed by atoms with Crippen LogP contribution in [0.25, 0.3) is 0 Å². The van der Waals surface area contributed by atoms with E-state index in [1.54, 1.807) is 0 Å². The van der Waals surface area contributed by atoms with E-state index in [-0.39, 0.29) is 12.2 Å². The molecule has 0 radical (unpaired) electrons. The Morgan fingerprint density at radius 2 is 1.94 bits per heavy atom. The molecule has 0 saturated heterocycles. The van der Waals surface area contributed by atoms with Gasteiger partial charge in [0, 0.05) is 18.5 Å². The van der Waals surface area contributed by atoms with Gasteiger partial charge in [-0.15, -0.1) is 0 Å². The Morgan fingerprint density at radius 1 is 1.13 bits per heavy atom. The van der Waals surface area contributed by atoms with Crippen LogP contribution >= 0.6 is 0 Å². The predicted molar refractivity (Wildman–Crippen MR) is 131 cm³/mol. The molecule has 0 aromatic heterocycles. The molecule has 1 amide bonds. The lowest BCUT2D eigenvalue weighted by Gasteiger charge is -2.28. The first kappa shape index (κ1) is 25.7. The zero-order chi connectivity index (χ0) is 22.7. The molecular weight excluding hydrogens is 384 g/mol. The Kier molecular flexibility index (Phi) is 10.9. The lowest BCUT2D eigenvalue weighted by Crippen LogP contribution is -2.39. The molecule has 0 spiro atoms. The van der Waals surface area contributed by atoms with E-state index in [9.17, 15) is 4.79 Å². The lowest BCUT2D eigenvalue weighted by atomic mass is 9.85. The molecular formula is C27H46N2O2. The third-order valence-corrected chi connectivity index (χ3v) is 7.27. The number of amides is 1. The van der Waals surface area contributed by atoms with E-state index in [4.69, 9.17) is 4.74 Å². The van der Waals surface area contributed by atoms with Crippen molar-refractivity contribution in [1.29, 1.82) is 0 Å². The minimum atomic E-state index is -0.250. The van der Waals surface area contributed by atoms with Crippen LogP contribution in [0.1, 0.15) is 108 Å². The normalized spacial score (nSPS) is 24.7. The molecule has 2 aliphatic carbocycles. The monoisotopic (exact) mass is 430 g/mol. The van der Waals surface area contributed by atoms with Crippen molar-refractivity contribution in [3.05, 3.63) is 34.9 Å². The number of ether oxygens (including phenoxy) is 1. The molecule has 2 N–H and O–H groups in total. The van der Waals surface area contributed by atoms with Gasteiger partial charge in [-0.25, -0.2) is 4.79 Å². The van der Waals surface area contributed by atoms with Crippen LogP contribution in [-0.2, 0) is 17.6 Å². The van der Waals surface area contributed by atoms with E-state index in [1.807, 2.05) is 13.8 Å². The molecule has 1 fully saturated rings. The van der Waals surface area contributed by atoms with Crippen LogP contribution in [0, 0.1) is 0 Å². The molecule has 1 aromatic rings. The first-order chi connectivity index (χ1) is 15.1. The number of carbonyl (C=O) groups excluding carboxylic acids is 1. The highest BCUT2D eigenvalue weighted by Crippen LogP contribution is 2.43. The number of alkyl carbamates (subject to hydrolysis) is 1. The van der Waals surface area contributed by atoms with Crippen LogP contribution in [0.4, 0.5) is 4.79 Å². The second kappa shape index (κ2) is 13.1. The van der Waals surface area contributed by atoms with Crippen molar-refractivity contribution in [2.75, 3.05) is 13.6 Å². The standard InChI is InChI=1S/C25H40N2O2.C2H6/c1-4-6-7-8-15-27-24(28)29-23-12-11-19-16-20(9-10-21(19)17-23)22-13-14-25(5-2,18-22)26-3;1-2/h9-10,16,22-23,26H,4-8,11-15,17-18H2,1-3H3,(H,27,28);1-2H3. The van der Waals surface area contributed by atoms with Gasteiger partial charge in [0.25, 0.3) is 0 Å². The van der Waals surface area contributed by atoms with Gasteiger partial charge in [0.05, 0.1) is 0 Å². The molecule has 1 saturated carbocycles. The summed E-state index contributed by atoms with van der Waals surface area (Å²) in [4.78, 5) is 12.1. The van der Waals surface area contributed by atoms with Crippen molar-refractivity contribution in [1.82, 2.24) is 10.6 Å². The first-order valence-electron chi connectivity index (χ1n) is 12.8. The summed E-state index contributed by atoms with van der Waals surface area (Å²) in [5, 5.41) is 6.49. The quantitative estimate of drug-likeness (QED) is 0.439. The Morgan fingerprint density at radius 3 is 2.61 bits per heavy atom. The lowest BCUT2D eigenvalue weighted by molar-refractivity contribution is 0.0895. The first-order valence-corrected chi connectivity index (χ1v) is 12.8. The minimum absolute atomic E-state index is 0.00695. The van der Waals surface area contributed by atoms with E-state index >= 15 is 0 Å². The number of nitrogens with one attached hydrogen (secondary N) is 2. The second-order valence-electron chi connectivity index (χ2n) is 9.11. The van der Waals surface area contributed by atoms with Crippen LogP contribution in [0.15, 0.2) is 18.2 Å². The van der Waals surface area contributed by atoms with Gasteiger partial charge in [-0.05, 0) is 74.6 Å². The fourth-order valence-electron chi connectivity index (χ4n) is 5.17. The fraction of sp³-hybridized carbons (Fsp3) is 0.741. The zero-order valence-corrected chi connectivity index (χ0v) is 20.7. The van der Waals surface area contributed by atoms with Crippen LogP contribution in [0.5, 0.6) is 0 Å². The Balaban J connectivity index is 0.00000166. The van der Waals surface area contributed by atoms with Crippen molar-refractivity contribution in [3.63, 3.8) is 0 Å². The predicted octanol–water partition coefficient (Wildman–Crippen LogP) is 6.51. The van der Waals surface area contributed by atoms with Crippen LogP contribution in [0.3, 0.4) is 0 Å². The topological polar surface area (TPSA) is 50.4 Å². The molecule has 3 rings (SSSR count). The molecule has 3 atom stereocenters. The molecule has 4 heteroatoms. The zero-order valence-electron chi connectivity index (χ0n) is 20.7. The van der Waals surface area contributed by atoms with Gasteiger partial charge in [0.1, 0.15) is 6.10 Å². The number of rotatable bonds is 9. The van der Waals surface area contributed by atoms with Crippen LogP contribution in [-0.4, -0.2) is 31.3 Å². The number of carbonyl (C=O) groups is 1. The Hall–Kier alpha value is -1.55. The third kappa shape index (κ3) is 7.24.